The van der Waals surface area contributed by atoms with Crippen molar-refractivity contribution in [3.05, 3.63) is 0 Å². The van der Waals surface area contributed by atoms with Gasteiger partial charge in [0, 0.05) is 26.9 Å². The Kier molecular flexibility index (Phi) is 11.9. The van der Waals surface area contributed by atoms with Crippen LogP contribution in [0, 0.1) is 5.92 Å². The zero-order chi connectivity index (χ0) is 11.4. The molecule has 0 amide bonds. The number of rotatable bonds is 11. The standard InChI is InChI=1S/C12H27NO2/c1-12(2)6-4-9-15-10-5-7-13-8-11-14-3/h12-13H,4-11H2,1-3H3. The molecular weight excluding hydrogens is 190 g/mol. The van der Waals surface area contributed by atoms with Gasteiger partial charge in [0.1, 0.15) is 0 Å². The lowest BCUT2D eigenvalue weighted by Crippen LogP contribution is -2.21. The van der Waals surface area contributed by atoms with Gasteiger partial charge in [0.15, 0.2) is 0 Å². The van der Waals surface area contributed by atoms with Crippen molar-refractivity contribution in [3.63, 3.8) is 0 Å². The third kappa shape index (κ3) is 13.9. The van der Waals surface area contributed by atoms with Crippen LogP contribution in [-0.4, -0.2) is 40.0 Å². The van der Waals surface area contributed by atoms with E-state index >= 15 is 0 Å². The molecule has 0 radical (unpaired) electrons. The first-order valence-corrected chi connectivity index (χ1v) is 6.04. The predicted molar refractivity (Wildman–Crippen MR) is 64.3 cm³/mol. The summed E-state index contributed by atoms with van der Waals surface area (Å²) in [6.45, 7) is 9.03. The number of hydrogen-bond donors (Lipinski definition) is 1. The zero-order valence-corrected chi connectivity index (χ0v) is 10.6. The minimum Gasteiger partial charge on any atom is -0.383 e. The minimum absolute atomic E-state index is 0.787. The van der Waals surface area contributed by atoms with E-state index in [0.29, 0.717) is 0 Å². The van der Waals surface area contributed by atoms with Crippen LogP contribution < -0.4 is 5.32 Å². The molecule has 0 spiro atoms. The molecule has 0 aromatic heterocycles. The van der Waals surface area contributed by atoms with Crippen LogP contribution in [0.25, 0.3) is 0 Å². The summed E-state index contributed by atoms with van der Waals surface area (Å²) in [5.74, 6) is 0.796. The fraction of sp³-hybridized carbons (Fsp3) is 1.00. The van der Waals surface area contributed by atoms with Crippen molar-refractivity contribution in [3.8, 4) is 0 Å². The van der Waals surface area contributed by atoms with E-state index in [1.54, 1.807) is 7.11 Å². The molecule has 0 aliphatic heterocycles. The van der Waals surface area contributed by atoms with E-state index < -0.39 is 0 Å². The average Bonchev–Trinajstić information content (AvgIpc) is 2.20. The molecule has 0 heterocycles. The Bertz CT molecular complexity index is 118. The van der Waals surface area contributed by atoms with Crippen LogP contribution >= 0.6 is 0 Å². The summed E-state index contributed by atoms with van der Waals surface area (Å²) in [5, 5.41) is 3.29. The Hall–Kier alpha value is -0.120. The van der Waals surface area contributed by atoms with Crippen molar-refractivity contribution in [2.45, 2.75) is 33.1 Å². The van der Waals surface area contributed by atoms with Crippen LogP contribution in [0.15, 0.2) is 0 Å². The van der Waals surface area contributed by atoms with Gasteiger partial charge < -0.3 is 14.8 Å². The van der Waals surface area contributed by atoms with Gasteiger partial charge in [-0.25, -0.2) is 0 Å². The third-order valence-corrected chi connectivity index (χ3v) is 2.20. The number of nitrogens with one attached hydrogen (secondary N) is 1. The molecule has 92 valence electrons. The lowest BCUT2D eigenvalue weighted by atomic mass is 10.1. The van der Waals surface area contributed by atoms with Crippen LogP contribution in [-0.2, 0) is 9.47 Å². The van der Waals surface area contributed by atoms with Gasteiger partial charge in [0.2, 0.25) is 0 Å². The second-order valence-corrected chi connectivity index (χ2v) is 4.24. The molecule has 0 atom stereocenters. The molecule has 1 N–H and O–H groups in total. The monoisotopic (exact) mass is 217 g/mol. The summed E-state index contributed by atoms with van der Waals surface area (Å²) < 4.78 is 10.4. The van der Waals surface area contributed by atoms with Gasteiger partial charge in [-0.05, 0) is 31.7 Å². The quantitative estimate of drug-likeness (QED) is 0.537. The minimum atomic E-state index is 0.787. The Morgan fingerprint density at radius 3 is 2.40 bits per heavy atom. The maximum absolute atomic E-state index is 5.52. The first kappa shape index (κ1) is 14.9. The van der Waals surface area contributed by atoms with Crippen molar-refractivity contribution in [2.24, 2.45) is 5.92 Å². The summed E-state index contributed by atoms with van der Waals surface area (Å²) in [7, 11) is 1.72. The van der Waals surface area contributed by atoms with E-state index in [0.717, 1.165) is 45.2 Å². The molecule has 0 aromatic rings. The molecule has 0 saturated carbocycles. The summed E-state index contributed by atoms with van der Waals surface area (Å²) in [4.78, 5) is 0. The Morgan fingerprint density at radius 2 is 1.73 bits per heavy atom. The van der Waals surface area contributed by atoms with Crippen LogP contribution in [0.5, 0.6) is 0 Å². The van der Waals surface area contributed by atoms with Gasteiger partial charge in [-0.1, -0.05) is 13.8 Å². The van der Waals surface area contributed by atoms with E-state index in [1.165, 1.54) is 12.8 Å². The van der Waals surface area contributed by atoms with Crippen molar-refractivity contribution in [2.75, 3.05) is 40.0 Å². The van der Waals surface area contributed by atoms with Crippen molar-refractivity contribution in [1.82, 2.24) is 5.32 Å². The molecule has 0 saturated heterocycles. The average molecular weight is 217 g/mol. The van der Waals surface area contributed by atoms with Gasteiger partial charge >= 0.3 is 0 Å². The fourth-order valence-corrected chi connectivity index (χ4v) is 1.29. The highest BCUT2D eigenvalue weighted by Gasteiger charge is 1.94. The highest BCUT2D eigenvalue weighted by Crippen LogP contribution is 2.02. The maximum atomic E-state index is 5.52. The number of ether oxygens (including phenoxy) is 2. The molecule has 3 heteroatoms. The van der Waals surface area contributed by atoms with Crippen molar-refractivity contribution < 1.29 is 9.47 Å². The zero-order valence-electron chi connectivity index (χ0n) is 10.6. The molecule has 0 aliphatic rings. The van der Waals surface area contributed by atoms with E-state index in [1.807, 2.05) is 0 Å². The van der Waals surface area contributed by atoms with E-state index in [-0.39, 0.29) is 0 Å². The first-order chi connectivity index (χ1) is 7.27. The SMILES string of the molecule is COCCNCCCOCCCC(C)C. The molecule has 0 bridgehead atoms. The van der Waals surface area contributed by atoms with Crippen LogP contribution in [0.4, 0.5) is 0 Å². The van der Waals surface area contributed by atoms with Gasteiger partial charge in [-0.15, -0.1) is 0 Å². The van der Waals surface area contributed by atoms with E-state index in [4.69, 9.17) is 9.47 Å². The summed E-state index contributed by atoms with van der Waals surface area (Å²) in [5.41, 5.74) is 0. The maximum Gasteiger partial charge on any atom is 0.0587 e. The van der Waals surface area contributed by atoms with Gasteiger partial charge in [-0.3, -0.25) is 0 Å². The normalized spacial score (nSPS) is 11.2. The molecule has 0 fully saturated rings. The first-order valence-electron chi connectivity index (χ1n) is 6.04. The third-order valence-electron chi connectivity index (χ3n) is 2.20. The van der Waals surface area contributed by atoms with E-state index in [9.17, 15) is 0 Å². The van der Waals surface area contributed by atoms with E-state index in [2.05, 4.69) is 19.2 Å². The summed E-state index contributed by atoms with van der Waals surface area (Å²) in [6, 6.07) is 0. The summed E-state index contributed by atoms with van der Waals surface area (Å²) >= 11 is 0. The highest BCUT2D eigenvalue weighted by molar-refractivity contribution is 4.47. The van der Waals surface area contributed by atoms with Gasteiger partial charge in [0.05, 0.1) is 6.61 Å². The fourth-order valence-electron chi connectivity index (χ4n) is 1.29. The Balaban J connectivity index is 2.87. The molecule has 0 rings (SSSR count). The van der Waals surface area contributed by atoms with Gasteiger partial charge in [0.25, 0.3) is 0 Å². The van der Waals surface area contributed by atoms with Crippen molar-refractivity contribution >= 4 is 0 Å². The molecule has 3 nitrogen and oxygen atoms in total. The molecule has 0 unspecified atom stereocenters. The topological polar surface area (TPSA) is 30.5 Å². The molecule has 0 aromatic carbocycles. The lowest BCUT2D eigenvalue weighted by Gasteiger charge is -2.06. The van der Waals surface area contributed by atoms with Gasteiger partial charge in [-0.2, -0.15) is 0 Å². The van der Waals surface area contributed by atoms with Crippen LogP contribution in [0.3, 0.4) is 0 Å². The molecule has 15 heavy (non-hydrogen) atoms. The summed E-state index contributed by atoms with van der Waals surface area (Å²) in [6.07, 6.45) is 3.55. The highest BCUT2D eigenvalue weighted by atomic mass is 16.5. The number of hydrogen-bond acceptors (Lipinski definition) is 3. The Labute approximate surface area is 94.5 Å². The van der Waals surface area contributed by atoms with Crippen molar-refractivity contribution in [1.29, 1.82) is 0 Å². The smallest absolute Gasteiger partial charge is 0.0587 e. The molecule has 0 aliphatic carbocycles. The largest absolute Gasteiger partial charge is 0.383 e. The second kappa shape index (κ2) is 12.0. The lowest BCUT2D eigenvalue weighted by molar-refractivity contribution is 0.124. The van der Waals surface area contributed by atoms with Crippen LogP contribution in [0.1, 0.15) is 33.1 Å². The Morgan fingerprint density at radius 1 is 1.00 bits per heavy atom. The predicted octanol–water partition coefficient (Wildman–Crippen LogP) is 2.07. The number of methoxy groups -OCH3 is 1. The molecular formula is C12H27NO2. The second-order valence-electron chi connectivity index (χ2n) is 4.24. The van der Waals surface area contributed by atoms with Crippen LogP contribution in [0.2, 0.25) is 0 Å².